The zero-order chi connectivity index (χ0) is 23.2. The number of nitrogens with zero attached hydrogens (tertiary/aromatic N) is 3. The van der Waals surface area contributed by atoms with E-state index < -0.39 is 0 Å². The maximum atomic E-state index is 13.1. The summed E-state index contributed by atoms with van der Waals surface area (Å²) in [7, 11) is 0. The van der Waals surface area contributed by atoms with Gasteiger partial charge < -0.3 is 15.2 Å². The van der Waals surface area contributed by atoms with Crippen LogP contribution in [0.15, 0.2) is 36.7 Å². The summed E-state index contributed by atoms with van der Waals surface area (Å²) in [6.45, 7) is 17.4. The first-order chi connectivity index (χ1) is 14.2. The predicted octanol–water partition coefficient (Wildman–Crippen LogP) is 6.42. The molecule has 31 heavy (non-hydrogen) atoms. The molecule has 0 unspecified atom stereocenters. The van der Waals surface area contributed by atoms with Gasteiger partial charge in [0.05, 0.1) is 6.20 Å². The summed E-state index contributed by atoms with van der Waals surface area (Å²) in [5, 5.41) is 11.8. The number of hydrogen-bond donors (Lipinski definition) is 2. The number of carbonyl (C=O) groups excluding carboxylic acids is 1. The van der Waals surface area contributed by atoms with Crippen LogP contribution in [0, 0.1) is 5.41 Å². The molecule has 6 nitrogen and oxygen atoms in total. The Morgan fingerprint density at radius 2 is 1.65 bits per heavy atom. The molecule has 2 N–H and O–H groups in total. The van der Waals surface area contributed by atoms with Crippen molar-refractivity contribution in [1.82, 2.24) is 14.2 Å². The number of fused-ring (bicyclic) bond motifs is 1. The fourth-order valence-corrected chi connectivity index (χ4v) is 4.32. The summed E-state index contributed by atoms with van der Waals surface area (Å²) < 4.78 is 3.93. The third kappa shape index (κ3) is 5.42. The van der Waals surface area contributed by atoms with Crippen LogP contribution < -0.4 is 10.6 Å². The van der Waals surface area contributed by atoms with Crippen molar-refractivity contribution in [3.63, 3.8) is 0 Å². The predicted molar refractivity (Wildman–Crippen MR) is 129 cm³/mol. The number of imidazole rings is 1. The molecule has 0 saturated carbocycles. The van der Waals surface area contributed by atoms with Gasteiger partial charge in [-0.15, -0.1) is 0 Å². The Labute approximate surface area is 190 Å². The molecule has 1 amide bonds. The van der Waals surface area contributed by atoms with Crippen molar-refractivity contribution in [2.24, 2.45) is 5.41 Å². The van der Waals surface area contributed by atoms with Gasteiger partial charge in [0.25, 0.3) is 5.91 Å². The number of amides is 1. The highest BCUT2D eigenvalue weighted by Gasteiger charge is 2.30. The molecule has 0 radical (unpaired) electrons. The molecule has 0 aliphatic carbocycles. The summed E-state index contributed by atoms with van der Waals surface area (Å²) in [5.41, 5.74) is 1.76. The summed E-state index contributed by atoms with van der Waals surface area (Å²) in [4.78, 5) is 13.1. The molecule has 3 rings (SSSR count). The average molecular weight is 444 g/mol. The number of nitrogens with one attached hydrogen (secondary N) is 2. The van der Waals surface area contributed by atoms with Gasteiger partial charge in [0.2, 0.25) is 0 Å². The average Bonchev–Trinajstić information content (AvgIpc) is 3.15. The Morgan fingerprint density at radius 1 is 1.03 bits per heavy atom. The molecule has 0 aliphatic rings. The Bertz CT molecular complexity index is 1080. The molecule has 2 aromatic heterocycles. The number of benzene rings is 1. The van der Waals surface area contributed by atoms with Crippen molar-refractivity contribution in [2.75, 3.05) is 10.6 Å². The number of rotatable bonds is 5. The molecule has 0 atom stereocenters. The van der Waals surface area contributed by atoms with E-state index in [1.165, 1.54) is 0 Å². The molecule has 0 spiro atoms. The Hall–Kier alpha value is -2.47. The second-order valence-electron chi connectivity index (χ2n) is 11.1. The zero-order valence-corrected chi connectivity index (χ0v) is 20.6. The maximum absolute atomic E-state index is 13.1. The largest absolute Gasteiger partial charge is 0.364 e. The normalized spacial score (nSPS) is 12.9. The van der Waals surface area contributed by atoms with Crippen LogP contribution in [0.3, 0.4) is 0 Å². The van der Waals surface area contributed by atoms with E-state index in [4.69, 9.17) is 11.6 Å². The number of halogens is 1. The first kappa shape index (κ1) is 23.2. The van der Waals surface area contributed by atoms with Crippen LogP contribution in [0.5, 0.6) is 0 Å². The van der Waals surface area contributed by atoms with Gasteiger partial charge in [-0.25, -0.2) is 0 Å². The molecular formula is C24H34ClN5O. The van der Waals surface area contributed by atoms with Crippen molar-refractivity contribution in [2.45, 2.75) is 72.9 Å². The zero-order valence-electron chi connectivity index (χ0n) is 19.8. The highest BCUT2D eigenvalue weighted by molar-refractivity contribution is 6.30. The highest BCUT2D eigenvalue weighted by atomic mass is 35.5. The number of aromatic nitrogens is 3. The van der Waals surface area contributed by atoms with Crippen molar-refractivity contribution in [3.05, 3.63) is 47.2 Å². The van der Waals surface area contributed by atoms with Crippen LogP contribution in [-0.2, 0) is 5.54 Å². The maximum Gasteiger partial charge on any atom is 0.261 e. The summed E-state index contributed by atoms with van der Waals surface area (Å²) in [5.74, 6) is 0.658. The van der Waals surface area contributed by atoms with E-state index in [0.717, 1.165) is 17.9 Å². The van der Waals surface area contributed by atoms with Crippen LogP contribution in [0.25, 0.3) is 5.65 Å². The van der Waals surface area contributed by atoms with E-state index in [9.17, 15) is 4.79 Å². The van der Waals surface area contributed by atoms with Crippen LogP contribution in [0.2, 0.25) is 5.02 Å². The van der Waals surface area contributed by atoms with E-state index >= 15 is 0 Å². The van der Waals surface area contributed by atoms with E-state index in [2.05, 4.69) is 75.7 Å². The first-order valence-electron chi connectivity index (χ1n) is 10.6. The smallest absolute Gasteiger partial charge is 0.261 e. The fourth-order valence-electron chi connectivity index (χ4n) is 4.19. The molecule has 3 aromatic rings. The monoisotopic (exact) mass is 443 g/mol. The third-order valence-corrected chi connectivity index (χ3v) is 5.21. The Balaban J connectivity index is 2.01. The lowest BCUT2D eigenvalue weighted by Gasteiger charge is -2.33. The molecule has 0 bridgehead atoms. The van der Waals surface area contributed by atoms with E-state index in [1.54, 1.807) is 30.5 Å². The summed E-state index contributed by atoms with van der Waals surface area (Å²) in [6, 6.07) is 7.07. The van der Waals surface area contributed by atoms with Gasteiger partial charge in [-0.2, -0.15) is 9.61 Å². The van der Waals surface area contributed by atoms with Crippen LogP contribution >= 0.6 is 11.6 Å². The number of carbonyl (C=O) groups is 1. The van der Waals surface area contributed by atoms with E-state index in [-0.39, 0.29) is 22.4 Å². The standard InChI is InChI=1S/C24H34ClN5O/c1-22(2,3)15-24(7,8)28-19-14-29(23(4,5)6)21-18(13-26-30(19)21)20(31)27-17-11-9-16(25)10-12-17/h9-14,28H,15H2,1-8H3,(H,27,31). The van der Waals surface area contributed by atoms with Crippen molar-refractivity contribution >= 4 is 34.7 Å². The lowest BCUT2D eigenvalue weighted by atomic mass is 9.82. The summed E-state index contributed by atoms with van der Waals surface area (Å²) in [6.07, 6.45) is 4.66. The lowest BCUT2D eigenvalue weighted by Crippen LogP contribution is -2.35. The molecule has 1 aromatic carbocycles. The van der Waals surface area contributed by atoms with Crippen molar-refractivity contribution in [1.29, 1.82) is 0 Å². The quantitative estimate of drug-likeness (QED) is 0.478. The van der Waals surface area contributed by atoms with Crippen LogP contribution in [0.1, 0.15) is 72.2 Å². The highest BCUT2D eigenvalue weighted by Crippen LogP contribution is 2.32. The van der Waals surface area contributed by atoms with Crippen LogP contribution in [-0.4, -0.2) is 25.6 Å². The minimum absolute atomic E-state index is 0.146. The first-order valence-corrected chi connectivity index (χ1v) is 11.0. The van der Waals surface area contributed by atoms with Gasteiger partial charge in [-0.3, -0.25) is 4.79 Å². The van der Waals surface area contributed by atoms with Crippen molar-refractivity contribution in [3.8, 4) is 0 Å². The minimum Gasteiger partial charge on any atom is -0.364 e. The van der Waals surface area contributed by atoms with Crippen LogP contribution in [0.4, 0.5) is 11.5 Å². The van der Waals surface area contributed by atoms with Gasteiger partial charge in [-0.05, 0) is 70.7 Å². The molecule has 7 heteroatoms. The molecule has 0 aliphatic heterocycles. The molecule has 0 fully saturated rings. The number of hydrogen-bond acceptors (Lipinski definition) is 3. The third-order valence-electron chi connectivity index (χ3n) is 4.96. The summed E-state index contributed by atoms with van der Waals surface area (Å²) >= 11 is 5.96. The Morgan fingerprint density at radius 3 is 2.19 bits per heavy atom. The van der Waals surface area contributed by atoms with Gasteiger partial charge in [-0.1, -0.05) is 32.4 Å². The van der Waals surface area contributed by atoms with E-state index in [0.29, 0.717) is 16.3 Å². The second-order valence-corrected chi connectivity index (χ2v) is 11.5. The van der Waals surface area contributed by atoms with Gasteiger partial charge in [0, 0.05) is 28.0 Å². The van der Waals surface area contributed by atoms with E-state index in [1.807, 2.05) is 10.7 Å². The fraction of sp³-hybridized carbons (Fsp3) is 0.500. The van der Waals surface area contributed by atoms with Gasteiger partial charge >= 0.3 is 0 Å². The molecule has 0 saturated heterocycles. The van der Waals surface area contributed by atoms with Gasteiger partial charge in [0.1, 0.15) is 11.4 Å². The Kier molecular flexibility index (Phi) is 5.91. The molecule has 168 valence electrons. The minimum atomic E-state index is -0.231. The molecular weight excluding hydrogens is 410 g/mol. The molecule has 2 heterocycles. The van der Waals surface area contributed by atoms with Gasteiger partial charge in [0.15, 0.2) is 5.65 Å². The number of anilines is 2. The second kappa shape index (κ2) is 7.90. The van der Waals surface area contributed by atoms with Crippen molar-refractivity contribution < 1.29 is 4.79 Å². The SMILES string of the molecule is CC(C)(C)CC(C)(C)Nc1cn(C(C)(C)C)c2c(C(=O)Nc3ccc(Cl)cc3)cnn12. The lowest BCUT2D eigenvalue weighted by molar-refractivity contribution is 0.102. The topological polar surface area (TPSA) is 63.4 Å².